The first kappa shape index (κ1) is 11.7. The summed E-state index contributed by atoms with van der Waals surface area (Å²) in [7, 11) is 0. The van der Waals surface area contributed by atoms with Gasteiger partial charge in [-0.25, -0.2) is 0 Å². The molecule has 3 aliphatic rings. The molecule has 0 aliphatic carbocycles. The molecular weight excluding hydrogens is 242 g/mol. The molecule has 3 atom stereocenters. The fraction of sp³-hybridized carbons (Fsp3) is 0.600. The molecule has 1 aromatic rings. The van der Waals surface area contributed by atoms with Crippen molar-refractivity contribution in [3.8, 4) is 0 Å². The number of anilines is 1. The van der Waals surface area contributed by atoms with Crippen molar-refractivity contribution in [2.24, 2.45) is 0 Å². The maximum Gasteiger partial charge on any atom is 0.0851 e. The molecule has 0 bridgehead atoms. The normalized spacial score (nSPS) is 31.3. The molecule has 1 aromatic carbocycles. The number of ether oxygens (including phenoxy) is 3. The van der Waals surface area contributed by atoms with E-state index in [0.29, 0.717) is 18.3 Å². The molecular formula is C15H19NO3. The van der Waals surface area contributed by atoms with Crippen LogP contribution in [0.25, 0.3) is 0 Å². The van der Waals surface area contributed by atoms with Crippen LogP contribution in [0.15, 0.2) is 12.1 Å². The van der Waals surface area contributed by atoms with Crippen molar-refractivity contribution in [1.82, 2.24) is 0 Å². The number of benzene rings is 1. The van der Waals surface area contributed by atoms with Crippen LogP contribution in [0.2, 0.25) is 0 Å². The van der Waals surface area contributed by atoms with E-state index >= 15 is 0 Å². The van der Waals surface area contributed by atoms with Crippen molar-refractivity contribution in [3.05, 3.63) is 28.8 Å². The highest BCUT2D eigenvalue weighted by atomic mass is 16.6. The molecule has 3 saturated heterocycles. The second-order valence-corrected chi connectivity index (χ2v) is 5.75. The van der Waals surface area contributed by atoms with Gasteiger partial charge in [-0.2, -0.15) is 0 Å². The van der Waals surface area contributed by atoms with Crippen LogP contribution in [0, 0.1) is 0 Å². The number of nitrogen functional groups attached to an aromatic ring is 1. The van der Waals surface area contributed by atoms with Gasteiger partial charge in [0.05, 0.1) is 38.1 Å². The standard InChI is InChI=1S/C15H19NO3/c16-15-2-1-9(3-10-6-17-10)13(4-11-7-18-11)14(15)5-12-8-19-12/h1-2,10-12H,3-8,16H2. The largest absolute Gasteiger partial charge is 0.398 e. The molecule has 2 N–H and O–H groups in total. The van der Waals surface area contributed by atoms with Crippen LogP contribution in [0.3, 0.4) is 0 Å². The summed E-state index contributed by atoms with van der Waals surface area (Å²) < 4.78 is 16.1. The molecule has 102 valence electrons. The van der Waals surface area contributed by atoms with Gasteiger partial charge >= 0.3 is 0 Å². The zero-order valence-corrected chi connectivity index (χ0v) is 10.9. The summed E-state index contributed by atoms with van der Waals surface area (Å²) in [6.07, 6.45) is 4.09. The smallest absolute Gasteiger partial charge is 0.0851 e. The zero-order valence-electron chi connectivity index (χ0n) is 10.9. The maximum absolute atomic E-state index is 6.18. The van der Waals surface area contributed by atoms with Crippen LogP contribution in [0.5, 0.6) is 0 Å². The van der Waals surface area contributed by atoms with E-state index in [2.05, 4.69) is 6.07 Å². The Kier molecular flexibility index (Phi) is 2.76. The fourth-order valence-electron chi connectivity index (χ4n) is 2.70. The SMILES string of the molecule is Nc1ccc(CC2CO2)c(CC2CO2)c1CC1CO1. The Bertz CT molecular complexity index is 490. The van der Waals surface area contributed by atoms with E-state index in [9.17, 15) is 0 Å². The first-order valence-corrected chi connectivity index (χ1v) is 7.03. The third-order valence-corrected chi connectivity index (χ3v) is 4.08. The first-order chi connectivity index (χ1) is 9.29. The zero-order chi connectivity index (χ0) is 12.8. The van der Waals surface area contributed by atoms with E-state index < -0.39 is 0 Å². The van der Waals surface area contributed by atoms with Crippen LogP contribution in [0.1, 0.15) is 16.7 Å². The van der Waals surface area contributed by atoms with E-state index in [4.69, 9.17) is 19.9 Å². The molecule has 3 unspecified atom stereocenters. The van der Waals surface area contributed by atoms with Crippen molar-refractivity contribution in [1.29, 1.82) is 0 Å². The van der Waals surface area contributed by atoms with Gasteiger partial charge in [-0.15, -0.1) is 0 Å². The lowest BCUT2D eigenvalue weighted by atomic mass is 9.91. The van der Waals surface area contributed by atoms with Crippen LogP contribution < -0.4 is 5.73 Å². The molecule has 0 radical (unpaired) electrons. The molecule has 3 aliphatic heterocycles. The van der Waals surface area contributed by atoms with Gasteiger partial charge in [0.25, 0.3) is 0 Å². The van der Waals surface area contributed by atoms with Gasteiger partial charge in [0.15, 0.2) is 0 Å². The molecule has 19 heavy (non-hydrogen) atoms. The Hall–Kier alpha value is -1.10. The lowest BCUT2D eigenvalue weighted by molar-refractivity contribution is 0.398. The van der Waals surface area contributed by atoms with Crippen molar-refractivity contribution in [2.45, 2.75) is 37.6 Å². The average molecular weight is 261 g/mol. The number of hydrogen-bond acceptors (Lipinski definition) is 4. The van der Waals surface area contributed by atoms with E-state index in [-0.39, 0.29) is 0 Å². The molecule has 0 amide bonds. The highest BCUT2D eigenvalue weighted by Crippen LogP contribution is 2.32. The molecule has 4 rings (SSSR count). The molecule has 4 heteroatoms. The highest BCUT2D eigenvalue weighted by Gasteiger charge is 2.31. The Morgan fingerprint density at radius 2 is 1.37 bits per heavy atom. The summed E-state index contributed by atoms with van der Waals surface area (Å²) >= 11 is 0. The first-order valence-electron chi connectivity index (χ1n) is 7.03. The summed E-state index contributed by atoms with van der Waals surface area (Å²) in [5, 5.41) is 0. The van der Waals surface area contributed by atoms with E-state index in [1.807, 2.05) is 6.07 Å². The quantitative estimate of drug-likeness (QED) is 0.615. The van der Waals surface area contributed by atoms with Gasteiger partial charge in [0.2, 0.25) is 0 Å². The van der Waals surface area contributed by atoms with Gasteiger partial charge in [0.1, 0.15) is 0 Å². The molecule has 3 fully saturated rings. The maximum atomic E-state index is 6.18. The van der Waals surface area contributed by atoms with E-state index in [1.165, 1.54) is 16.7 Å². The van der Waals surface area contributed by atoms with Crippen LogP contribution in [-0.4, -0.2) is 38.1 Å². The minimum Gasteiger partial charge on any atom is -0.398 e. The summed E-state index contributed by atoms with van der Waals surface area (Å²) in [6.45, 7) is 2.65. The third kappa shape index (κ3) is 2.76. The number of hydrogen-bond donors (Lipinski definition) is 1. The van der Waals surface area contributed by atoms with Crippen LogP contribution in [-0.2, 0) is 33.5 Å². The summed E-state index contributed by atoms with van der Waals surface area (Å²) in [4.78, 5) is 0. The van der Waals surface area contributed by atoms with Crippen LogP contribution >= 0.6 is 0 Å². The molecule has 0 saturated carbocycles. The van der Waals surface area contributed by atoms with Crippen LogP contribution in [0.4, 0.5) is 5.69 Å². The second kappa shape index (κ2) is 4.47. The summed E-state index contributed by atoms with van der Waals surface area (Å²) in [6, 6.07) is 4.19. The Balaban J connectivity index is 1.66. The second-order valence-electron chi connectivity index (χ2n) is 5.75. The predicted octanol–water partition coefficient (Wildman–Crippen LogP) is 1.09. The van der Waals surface area contributed by atoms with Gasteiger partial charge in [-0.05, 0) is 22.8 Å². The summed E-state index contributed by atoms with van der Waals surface area (Å²) in [5.74, 6) is 0. The fourth-order valence-corrected chi connectivity index (χ4v) is 2.70. The predicted molar refractivity (Wildman–Crippen MR) is 71.2 cm³/mol. The molecule has 0 spiro atoms. The van der Waals surface area contributed by atoms with E-state index in [0.717, 1.165) is 44.8 Å². The Morgan fingerprint density at radius 3 is 1.95 bits per heavy atom. The topological polar surface area (TPSA) is 63.6 Å². The van der Waals surface area contributed by atoms with Crippen molar-refractivity contribution >= 4 is 5.69 Å². The Labute approximate surface area is 112 Å². The van der Waals surface area contributed by atoms with E-state index in [1.54, 1.807) is 0 Å². The van der Waals surface area contributed by atoms with Gasteiger partial charge in [0, 0.05) is 24.9 Å². The minimum atomic E-state index is 0.369. The van der Waals surface area contributed by atoms with Crippen molar-refractivity contribution in [2.75, 3.05) is 25.6 Å². The van der Waals surface area contributed by atoms with Crippen molar-refractivity contribution < 1.29 is 14.2 Å². The highest BCUT2D eigenvalue weighted by molar-refractivity contribution is 5.55. The molecule has 0 aromatic heterocycles. The van der Waals surface area contributed by atoms with Gasteiger partial charge in [-0.3, -0.25) is 0 Å². The minimum absolute atomic E-state index is 0.369. The number of nitrogens with two attached hydrogens (primary N) is 1. The van der Waals surface area contributed by atoms with Gasteiger partial charge < -0.3 is 19.9 Å². The molecule has 3 heterocycles. The van der Waals surface area contributed by atoms with Gasteiger partial charge in [-0.1, -0.05) is 6.07 Å². The summed E-state index contributed by atoms with van der Waals surface area (Å²) in [5.41, 5.74) is 11.1. The average Bonchev–Trinajstić information content (AvgIpc) is 3.24. The Morgan fingerprint density at radius 1 is 0.842 bits per heavy atom. The monoisotopic (exact) mass is 261 g/mol. The lowest BCUT2D eigenvalue weighted by Crippen LogP contribution is -2.11. The van der Waals surface area contributed by atoms with Crippen molar-refractivity contribution in [3.63, 3.8) is 0 Å². The third-order valence-electron chi connectivity index (χ3n) is 4.08. The molecule has 4 nitrogen and oxygen atoms in total. The number of epoxide rings is 3. The number of rotatable bonds is 6. The lowest BCUT2D eigenvalue weighted by Gasteiger charge is -2.16.